The van der Waals surface area contributed by atoms with E-state index in [0.717, 1.165) is 16.7 Å². The molecule has 0 saturated carbocycles. The lowest BCUT2D eigenvalue weighted by atomic mass is 10.1. The molecule has 0 radical (unpaired) electrons. The SMILES string of the molecule is CNc1ccc([N+](=O)[O-])cc1C(=O)NCc1ccccc1COCc1ccccc1. The lowest BCUT2D eigenvalue weighted by Crippen LogP contribution is -2.24. The molecule has 0 aliphatic rings. The first-order chi connectivity index (χ1) is 14.6. The van der Waals surface area contributed by atoms with Crippen molar-refractivity contribution in [3.63, 3.8) is 0 Å². The number of carbonyl (C=O) groups excluding carboxylic acids is 1. The van der Waals surface area contributed by atoms with Crippen molar-refractivity contribution in [1.29, 1.82) is 0 Å². The molecule has 7 nitrogen and oxygen atoms in total. The Kier molecular flexibility index (Phi) is 7.13. The molecule has 3 aromatic carbocycles. The lowest BCUT2D eigenvalue weighted by Gasteiger charge is -2.13. The average Bonchev–Trinajstić information content (AvgIpc) is 2.78. The van der Waals surface area contributed by atoms with E-state index in [0.29, 0.717) is 18.9 Å². The van der Waals surface area contributed by atoms with Crippen LogP contribution in [0.2, 0.25) is 0 Å². The highest BCUT2D eigenvalue weighted by molar-refractivity contribution is 6.00. The van der Waals surface area contributed by atoms with Gasteiger partial charge in [-0.25, -0.2) is 0 Å². The van der Waals surface area contributed by atoms with E-state index in [2.05, 4.69) is 10.6 Å². The molecule has 0 aliphatic carbocycles. The summed E-state index contributed by atoms with van der Waals surface area (Å²) in [4.78, 5) is 23.2. The van der Waals surface area contributed by atoms with Gasteiger partial charge in [0.15, 0.2) is 0 Å². The van der Waals surface area contributed by atoms with E-state index in [-0.39, 0.29) is 23.7 Å². The Bertz CT molecular complexity index is 1020. The molecule has 0 spiro atoms. The zero-order valence-electron chi connectivity index (χ0n) is 16.6. The van der Waals surface area contributed by atoms with Crippen LogP contribution in [-0.4, -0.2) is 17.9 Å². The van der Waals surface area contributed by atoms with Crippen LogP contribution in [0.25, 0.3) is 0 Å². The standard InChI is InChI=1S/C23H23N3O4/c1-24-22-12-11-20(26(28)29)13-21(22)23(27)25-14-18-9-5-6-10-19(18)16-30-15-17-7-3-2-4-8-17/h2-13,24H,14-16H2,1H3,(H,25,27). The van der Waals surface area contributed by atoms with Crippen molar-refractivity contribution in [3.05, 3.63) is 105 Å². The molecule has 0 fully saturated rings. The van der Waals surface area contributed by atoms with Gasteiger partial charge in [-0.05, 0) is 22.8 Å². The number of rotatable bonds is 9. The van der Waals surface area contributed by atoms with Gasteiger partial charge in [0.05, 0.1) is 23.7 Å². The molecule has 0 aromatic heterocycles. The fourth-order valence-corrected chi connectivity index (χ4v) is 3.05. The summed E-state index contributed by atoms with van der Waals surface area (Å²) >= 11 is 0. The molecule has 0 aliphatic heterocycles. The third-order valence-corrected chi connectivity index (χ3v) is 4.65. The maximum absolute atomic E-state index is 12.7. The molecular weight excluding hydrogens is 382 g/mol. The maximum atomic E-state index is 12.7. The second-order valence-corrected chi connectivity index (χ2v) is 6.67. The van der Waals surface area contributed by atoms with Gasteiger partial charge in [0.25, 0.3) is 11.6 Å². The Morgan fingerprint density at radius 2 is 1.67 bits per heavy atom. The minimum absolute atomic E-state index is 0.131. The van der Waals surface area contributed by atoms with Gasteiger partial charge < -0.3 is 15.4 Å². The number of amides is 1. The van der Waals surface area contributed by atoms with Crippen LogP contribution in [0.15, 0.2) is 72.8 Å². The largest absolute Gasteiger partial charge is 0.387 e. The topological polar surface area (TPSA) is 93.5 Å². The predicted molar refractivity (Wildman–Crippen MR) is 115 cm³/mol. The van der Waals surface area contributed by atoms with Crippen molar-refractivity contribution < 1.29 is 14.5 Å². The van der Waals surface area contributed by atoms with Crippen molar-refractivity contribution in [2.24, 2.45) is 0 Å². The number of nitrogens with one attached hydrogen (secondary N) is 2. The molecule has 0 bridgehead atoms. The van der Waals surface area contributed by atoms with Crippen LogP contribution < -0.4 is 10.6 Å². The van der Waals surface area contributed by atoms with Crippen LogP contribution in [0, 0.1) is 10.1 Å². The van der Waals surface area contributed by atoms with Crippen molar-refractivity contribution in [1.82, 2.24) is 5.32 Å². The molecule has 3 rings (SSSR count). The van der Waals surface area contributed by atoms with Crippen molar-refractivity contribution >= 4 is 17.3 Å². The van der Waals surface area contributed by atoms with Gasteiger partial charge in [-0.1, -0.05) is 54.6 Å². The summed E-state index contributed by atoms with van der Waals surface area (Å²) in [5, 5.41) is 16.8. The molecule has 3 aromatic rings. The third kappa shape index (κ3) is 5.42. The van der Waals surface area contributed by atoms with Crippen molar-refractivity contribution in [2.75, 3.05) is 12.4 Å². The van der Waals surface area contributed by atoms with E-state index in [9.17, 15) is 14.9 Å². The summed E-state index contributed by atoms with van der Waals surface area (Å²) in [5.74, 6) is -0.386. The monoisotopic (exact) mass is 405 g/mol. The first-order valence-corrected chi connectivity index (χ1v) is 9.51. The van der Waals surface area contributed by atoms with Crippen LogP contribution >= 0.6 is 0 Å². The molecular formula is C23H23N3O4. The normalized spacial score (nSPS) is 10.4. The van der Waals surface area contributed by atoms with E-state index in [1.165, 1.54) is 18.2 Å². The van der Waals surface area contributed by atoms with Gasteiger partial charge in [0.1, 0.15) is 0 Å². The third-order valence-electron chi connectivity index (χ3n) is 4.65. The molecule has 0 unspecified atom stereocenters. The number of non-ortho nitro benzene ring substituents is 1. The van der Waals surface area contributed by atoms with Gasteiger partial charge in [-0.3, -0.25) is 14.9 Å². The molecule has 0 heterocycles. The Balaban J connectivity index is 1.65. The van der Waals surface area contributed by atoms with Gasteiger partial charge in [0, 0.05) is 31.4 Å². The second kappa shape index (κ2) is 10.2. The summed E-state index contributed by atoms with van der Waals surface area (Å²) < 4.78 is 5.82. The van der Waals surface area contributed by atoms with Gasteiger partial charge in [-0.15, -0.1) is 0 Å². The van der Waals surface area contributed by atoms with Crippen molar-refractivity contribution in [3.8, 4) is 0 Å². The summed E-state index contributed by atoms with van der Waals surface area (Å²) in [6.45, 7) is 1.20. The molecule has 154 valence electrons. The summed E-state index contributed by atoms with van der Waals surface area (Å²) in [7, 11) is 1.66. The lowest BCUT2D eigenvalue weighted by molar-refractivity contribution is -0.384. The van der Waals surface area contributed by atoms with Crippen LogP contribution in [0.1, 0.15) is 27.0 Å². The molecule has 0 atom stereocenters. The Hall–Kier alpha value is -3.71. The number of hydrogen-bond acceptors (Lipinski definition) is 5. The quantitative estimate of drug-likeness (QED) is 0.409. The van der Waals surface area contributed by atoms with Crippen LogP contribution in [-0.2, 0) is 24.5 Å². The van der Waals surface area contributed by atoms with Crippen molar-refractivity contribution in [2.45, 2.75) is 19.8 Å². The minimum Gasteiger partial charge on any atom is -0.387 e. The molecule has 30 heavy (non-hydrogen) atoms. The summed E-state index contributed by atoms with van der Waals surface area (Å²) in [6, 6.07) is 21.8. The fourth-order valence-electron chi connectivity index (χ4n) is 3.05. The van der Waals surface area contributed by atoms with Gasteiger partial charge in [-0.2, -0.15) is 0 Å². The highest BCUT2D eigenvalue weighted by Gasteiger charge is 2.16. The zero-order valence-corrected chi connectivity index (χ0v) is 16.6. The Labute approximate surface area is 174 Å². The number of nitro benzene ring substituents is 1. The first kappa shape index (κ1) is 21.0. The molecule has 7 heteroatoms. The smallest absolute Gasteiger partial charge is 0.270 e. The highest BCUT2D eigenvalue weighted by Crippen LogP contribution is 2.22. The number of anilines is 1. The Morgan fingerprint density at radius 1 is 0.967 bits per heavy atom. The molecule has 2 N–H and O–H groups in total. The second-order valence-electron chi connectivity index (χ2n) is 6.67. The Morgan fingerprint density at radius 3 is 2.37 bits per heavy atom. The molecule has 1 amide bonds. The van der Waals surface area contributed by atoms with Crippen LogP contribution in [0.5, 0.6) is 0 Å². The predicted octanol–water partition coefficient (Wildman–Crippen LogP) is 4.28. The summed E-state index contributed by atoms with van der Waals surface area (Å²) in [6.07, 6.45) is 0. The first-order valence-electron chi connectivity index (χ1n) is 9.51. The number of carbonyl (C=O) groups is 1. The van der Waals surface area contributed by atoms with Gasteiger partial charge >= 0.3 is 0 Å². The zero-order chi connectivity index (χ0) is 21.3. The number of hydrogen-bond donors (Lipinski definition) is 2. The number of nitrogens with zero attached hydrogens (tertiary/aromatic N) is 1. The highest BCUT2D eigenvalue weighted by atomic mass is 16.6. The van der Waals surface area contributed by atoms with E-state index < -0.39 is 4.92 Å². The molecule has 0 saturated heterocycles. The van der Waals surface area contributed by atoms with E-state index >= 15 is 0 Å². The maximum Gasteiger partial charge on any atom is 0.270 e. The summed E-state index contributed by atoms with van der Waals surface area (Å²) in [5.41, 5.74) is 3.61. The van der Waals surface area contributed by atoms with E-state index in [4.69, 9.17) is 4.74 Å². The van der Waals surface area contributed by atoms with Gasteiger partial charge in [0.2, 0.25) is 0 Å². The van der Waals surface area contributed by atoms with E-state index in [1.807, 2.05) is 54.6 Å². The number of ether oxygens (including phenoxy) is 1. The van der Waals surface area contributed by atoms with Crippen LogP contribution in [0.4, 0.5) is 11.4 Å². The van der Waals surface area contributed by atoms with E-state index in [1.54, 1.807) is 7.05 Å². The number of benzene rings is 3. The van der Waals surface area contributed by atoms with Crippen LogP contribution in [0.3, 0.4) is 0 Å². The minimum atomic E-state index is -0.518. The average molecular weight is 405 g/mol. The number of nitro groups is 1. The fraction of sp³-hybridized carbons (Fsp3) is 0.174.